The predicted molar refractivity (Wildman–Crippen MR) is 80.6 cm³/mol. The van der Waals surface area contributed by atoms with Gasteiger partial charge in [-0.3, -0.25) is 0 Å². The number of ether oxygens (including phenoxy) is 1. The number of hydrogen-bond donors (Lipinski definition) is 1. The maximum absolute atomic E-state index is 14.0. The van der Waals surface area contributed by atoms with Crippen molar-refractivity contribution >= 4 is 11.6 Å². The van der Waals surface area contributed by atoms with E-state index in [-0.39, 0.29) is 11.1 Å². The van der Waals surface area contributed by atoms with Gasteiger partial charge in [0.2, 0.25) is 0 Å². The largest absolute Gasteiger partial charge is 0.378 e. The van der Waals surface area contributed by atoms with Crippen LogP contribution in [-0.4, -0.2) is 19.3 Å². The third kappa shape index (κ3) is 4.63. The average Bonchev–Trinajstić information content (AvgIpc) is 2.95. The van der Waals surface area contributed by atoms with Crippen LogP contribution in [0.2, 0.25) is 5.02 Å². The first-order valence-electron chi connectivity index (χ1n) is 7.61. The second-order valence-corrected chi connectivity index (χ2v) is 5.87. The van der Waals surface area contributed by atoms with Crippen LogP contribution in [-0.2, 0) is 4.74 Å². The normalized spacial score (nSPS) is 19.9. The van der Waals surface area contributed by atoms with E-state index in [1.54, 1.807) is 0 Å². The quantitative estimate of drug-likeness (QED) is 0.741. The molecule has 1 heterocycles. The summed E-state index contributed by atoms with van der Waals surface area (Å²) in [6.07, 6.45) is 5.21. The van der Waals surface area contributed by atoms with Gasteiger partial charge in [0.1, 0.15) is 11.6 Å². The minimum atomic E-state index is -0.574. The molecule has 2 atom stereocenters. The number of hydrogen-bond acceptors (Lipinski definition) is 2. The summed E-state index contributed by atoms with van der Waals surface area (Å²) < 4.78 is 33.2. The van der Waals surface area contributed by atoms with Crippen LogP contribution in [0, 0.1) is 11.6 Å². The Morgan fingerprint density at radius 1 is 1.38 bits per heavy atom. The van der Waals surface area contributed by atoms with Gasteiger partial charge in [0.05, 0.1) is 11.1 Å². The van der Waals surface area contributed by atoms with E-state index in [0.29, 0.717) is 18.2 Å². The summed E-state index contributed by atoms with van der Waals surface area (Å²) in [5.41, 5.74) is 0.353. The highest BCUT2D eigenvalue weighted by Crippen LogP contribution is 2.28. The fourth-order valence-corrected chi connectivity index (χ4v) is 2.99. The van der Waals surface area contributed by atoms with Crippen molar-refractivity contribution in [1.29, 1.82) is 0 Å². The molecule has 0 aromatic heterocycles. The SMILES string of the molecule is CCNC(CCCC1CCCO1)c1cc(F)c(Cl)cc1F. The van der Waals surface area contributed by atoms with Crippen molar-refractivity contribution in [3.05, 3.63) is 34.4 Å². The third-order valence-electron chi connectivity index (χ3n) is 3.91. The first-order valence-corrected chi connectivity index (χ1v) is 7.99. The Balaban J connectivity index is 1.98. The monoisotopic (exact) mass is 317 g/mol. The number of benzene rings is 1. The molecule has 1 aliphatic heterocycles. The molecule has 1 N–H and O–H groups in total. The fraction of sp³-hybridized carbons (Fsp3) is 0.625. The molecule has 1 aliphatic rings. The Morgan fingerprint density at radius 3 is 2.86 bits per heavy atom. The van der Waals surface area contributed by atoms with Crippen LogP contribution in [0.25, 0.3) is 0 Å². The van der Waals surface area contributed by atoms with Gasteiger partial charge in [-0.25, -0.2) is 8.78 Å². The van der Waals surface area contributed by atoms with Gasteiger partial charge < -0.3 is 10.1 Å². The molecule has 0 aliphatic carbocycles. The van der Waals surface area contributed by atoms with Crippen LogP contribution in [0.4, 0.5) is 8.78 Å². The van der Waals surface area contributed by atoms with Crippen molar-refractivity contribution in [2.24, 2.45) is 0 Å². The van der Waals surface area contributed by atoms with Crippen molar-refractivity contribution in [3.8, 4) is 0 Å². The zero-order valence-corrected chi connectivity index (χ0v) is 13.1. The van der Waals surface area contributed by atoms with Crippen molar-refractivity contribution < 1.29 is 13.5 Å². The van der Waals surface area contributed by atoms with E-state index >= 15 is 0 Å². The number of nitrogens with one attached hydrogen (secondary N) is 1. The van der Waals surface area contributed by atoms with E-state index in [4.69, 9.17) is 16.3 Å². The summed E-state index contributed by atoms with van der Waals surface area (Å²) >= 11 is 5.61. The van der Waals surface area contributed by atoms with Gasteiger partial charge in [0.25, 0.3) is 0 Å². The molecular formula is C16H22ClF2NO. The summed E-state index contributed by atoms with van der Waals surface area (Å²) in [5, 5.41) is 3.05. The Hall–Kier alpha value is -0.710. The fourth-order valence-electron chi connectivity index (χ4n) is 2.84. The van der Waals surface area contributed by atoms with Gasteiger partial charge in [-0.1, -0.05) is 18.5 Å². The van der Waals surface area contributed by atoms with E-state index in [1.807, 2.05) is 6.92 Å². The smallest absolute Gasteiger partial charge is 0.142 e. The Kier molecular flexibility index (Phi) is 6.40. The average molecular weight is 318 g/mol. The molecule has 0 spiro atoms. The lowest BCUT2D eigenvalue weighted by atomic mass is 9.98. The van der Waals surface area contributed by atoms with Gasteiger partial charge in [-0.05, 0) is 50.8 Å². The lowest BCUT2D eigenvalue weighted by molar-refractivity contribution is 0.101. The lowest BCUT2D eigenvalue weighted by Crippen LogP contribution is -2.22. The first-order chi connectivity index (χ1) is 10.1. The molecule has 2 unspecified atom stereocenters. The molecule has 1 aromatic rings. The molecular weight excluding hydrogens is 296 g/mol. The Labute approximate surface area is 129 Å². The van der Waals surface area contributed by atoms with Crippen molar-refractivity contribution in [2.75, 3.05) is 13.2 Å². The van der Waals surface area contributed by atoms with Gasteiger partial charge in [0.15, 0.2) is 0 Å². The van der Waals surface area contributed by atoms with E-state index in [9.17, 15) is 8.78 Å². The summed E-state index contributed by atoms with van der Waals surface area (Å²) in [5.74, 6) is -1.03. The second-order valence-electron chi connectivity index (χ2n) is 5.46. The van der Waals surface area contributed by atoms with Crippen LogP contribution >= 0.6 is 11.6 Å². The highest BCUT2D eigenvalue weighted by atomic mass is 35.5. The van der Waals surface area contributed by atoms with E-state index in [2.05, 4.69) is 5.32 Å². The molecule has 2 rings (SSSR count). The Morgan fingerprint density at radius 2 is 2.19 bits per heavy atom. The summed E-state index contributed by atoms with van der Waals surface area (Å²) in [6.45, 7) is 3.50. The lowest BCUT2D eigenvalue weighted by Gasteiger charge is -2.20. The first kappa shape index (κ1) is 16.7. The third-order valence-corrected chi connectivity index (χ3v) is 4.20. The van der Waals surface area contributed by atoms with Gasteiger partial charge >= 0.3 is 0 Å². The van der Waals surface area contributed by atoms with Crippen LogP contribution in [0.1, 0.15) is 50.6 Å². The molecule has 0 radical (unpaired) electrons. The van der Waals surface area contributed by atoms with Crippen LogP contribution in [0.15, 0.2) is 12.1 Å². The molecule has 1 fully saturated rings. The van der Waals surface area contributed by atoms with Crippen LogP contribution in [0.5, 0.6) is 0 Å². The molecule has 118 valence electrons. The number of halogens is 3. The summed E-state index contributed by atoms with van der Waals surface area (Å²) in [4.78, 5) is 0. The topological polar surface area (TPSA) is 21.3 Å². The highest BCUT2D eigenvalue weighted by molar-refractivity contribution is 6.30. The van der Waals surface area contributed by atoms with Crippen LogP contribution in [0.3, 0.4) is 0 Å². The standard InChI is InChI=1S/C16H22ClF2NO/c1-2-20-16(7-3-5-11-6-4-8-21-11)12-9-15(19)13(17)10-14(12)18/h9-11,16,20H,2-8H2,1H3. The van der Waals surface area contributed by atoms with E-state index < -0.39 is 11.6 Å². The predicted octanol–water partition coefficient (Wildman–Crippen LogP) is 4.62. The van der Waals surface area contributed by atoms with Gasteiger partial charge in [-0.2, -0.15) is 0 Å². The molecule has 1 aromatic carbocycles. The molecule has 5 heteroatoms. The highest BCUT2D eigenvalue weighted by Gasteiger charge is 2.20. The molecule has 1 saturated heterocycles. The maximum Gasteiger partial charge on any atom is 0.142 e. The molecule has 0 bridgehead atoms. The van der Waals surface area contributed by atoms with Crippen molar-refractivity contribution in [1.82, 2.24) is 5.32 Å². The van der Waals surface area contributed by atoms with Gasteiger partial charge in [0, 0.05) is 18.2 Å². The van der Waals surface area contributed by atoms with Gasteiger partial charge in [-0.15, -0.1) is 0 Å². The minimum Gasteiger partial charge on any atom is -0.378 e. The zero-order chi connectivity index (χ0) is 15.2. The summed E-state index contributed by atoms with van der Waals surface area (Å²) in [7, 11) is 0. The summed E-state index contributed by atoms with van der Waals surface area (Å²) in [6, 6.07) is 2.07. The second kappa shape index (κ2) is 8.06. The number of rotatable bonds is 7. The van der Waals surface area contributed by atoms with E-state index in [1.165, 1.54) is 6.07 Å². The zero-order valence-electron chi connectivity index (χ0n) is 12.3. The van der Waals surface area contributed by atoms with Crippen molar-refractivity contribution in [3.63, 3.8) is 0 Å². The van der Waals surface area contributed by atoms with Crippen LogP contribution < -0.4 is 5.32 Å². The van der Waals surface area contributed by atoms with Crippen molar-refractivity contribution in [2.45, 2.75) is 51.2 Å². The molecule has 0 amide bonds. The van der Waals surface area contributed by atoms with E-state index in [0.717, 1.165) is 44.8 Å². The Bertz CT molecular complexity index is 464. The molecule has 2 nitrogen and oxygen atoms in total. The maximum atomic E-state index is 14.0. The molecule has 0 saturated carbocycles. The molecule has 21 heavy (non-hydrogen) atoms. The minimum absolute atomic E-state index is 0.175.